The smallest absolute Gasteiger partial charge is 0.327 e. The van der Waals surface area contributed by atoms with Crippen LogP contribution in [0.5, 0.6) is 11.5 Å². The van der Waals surface area contributed by atoms with Gasteiger partial charge in [-0.2, -0.15) is 0 Å². The lowest BCUT2D eigenvalue weighted by Gasteiger charge is -2.39. The average molecular weight is 433 g/mol. The van der Waals surface area contributed by atoms with Crippen LogP contribution in [0.25, 0.3) is 16.5 Å². The third-order valence-electron chi connectivity index (χ3n) is 6.67. The highest BCUT2D eigenvalue weighted by Gasteiger charge is 2.57. The summed E-state index contributed by atoms with van der Waals surface area (Å²) in [5.74, 6) is -0.379. The maximum atomic E-state index is 13.2. The second-order valence-electron chi connectivity index (χ2n) is 8.07. The standard InChI is InChI=1S/C25H23NO6/c1-14-22-21(16-7-5-6-8-18(16)26(22)2)17(12-25(14,23(27)29-3)24(28)30-4)15-9-10-19-20(11-15)32-13-31-19/h5-11,17H,1,12-13H2,2-4H3. The van der Waals surface area contributed by atoms with Gasteiger partial charge >= 0.3 is 11.9 Å². The van der Waals surface area contributed by atoms with Gasteiger partial charge in [0.1, 0.15) is 0 Å². The minimum atomic E-state index is -1.67. The molecule has 0 saturated heterocycles. The number of carbonyl (C=O) groups excluding carboxylic acids is 2. The molecule has 2 aromatic carbocycles. The van der Waals surface area contributed by atoms with Crippen molar-refractivity contribution in [3.63, 3.8) is 0 Å². The zero-order valence-electron chi connectivity index (χ0n) is 18.1. The third-order valence-corrected chi connectivity index (χ3v) is 6.67. The fourth-order valence-electron chi connectivity index (χ4n) is 5.13. The molecular weight excluding hydrogens is 410 g/mol. The van der Waals surface area contributed by atoms with Gasteiger partial charge in [0.05, 0.1) is 14.2 Å². The molecule has 2 aliphatic rings. The Hall–Kier alpha value is -3.74. The highest BCUT2D eigenvalue weighted by atomic mass is 16.7. The Labute approximate surface area is 185 Å². The second kappa shape index (κ2) is 7.15. The van der Waals surface area contributed by atoms with Crippen LogP contribution in [-0.2, 0) is 26.1 Å². The molecule has 164 valence electrons. The van der Waals surface area contributed by atoms with Crippen LogP contribution in [0, 0.1) is 5.41 Å². The van der Waals surface area contributed by atoms with E-state index < -0.39 is 17.4 Å². The number of ether oxygens (including phenoxy) is 4. The summed E-state index contributed by atoms with van der Waals surface area (Å²) < 4.78 is 23.3. The van der Waals surface area contributed by atoms with Gasteiger partial charge in [-0.15, -0.1) is 0 Å². The molecule has 0 saturated carbocycles. The fourth-order valence-corrected chi connectivity index (χ4v) is 5.13. The van der Waals surface area contributed by atoms with Crippen molar-refractivity contribution >= 4 is 28.4 Å². The molecule has 1 atom stereocenters. The van der Waals surface area contributed by atoms with Crippen LogP contribution >= 0.6 is 0 Å². The summed E-state index contributed by atoms with van der Waals surface area (Å²) in [4.78, 5) is 26.3. The Morgan fingerprint density at radius 1 is 1.06 bits per heavy atom. The quantitative estimate of drug-likeness (QED) is 0.462. The van der Waals surface area contributed by atoms with Crippen LogP contribution in [0.15, 0.2) is 49.0 Å². The molecule has 0 N–H and O–H groups in total. The van der Waals surface area contributed by atoms with Crippen molar-refractivity contribution < 1.29 is 28.5 Å². The summed E-state index contributed by atoms with van der Waals surface area (Å²) in [5, 5.41) is 1.04. The van der Waals surface area contributed by atoms with Crippen molar-refractivity contribution in [2.24, 2.45) is 12.5 Å². The Morgan fingerprint density at radius 3 is 2.47 bits per heavy atom. The molecular formula is C25H23NO6. The summed E-state index contributed by atoms with van der Waals surface area (Å²) in [6.45, 7) is 4.38. The minimum absolute atomic E-state index is 0.131. The number of benzene rings is 2. The molecule has 1 aliphatic heterocycles. The Bertz CT molecular complexity index is 1270. The van der Waals surface area contributed by atoms with E-state index in [4.69, 9.17) is 18.9 Å². The number of methoxy groups -OCH3 is 2. The van der Waals surface area contributed by atoms with E-state index in [1.165, 1.54) is 14.2 Å². The number of nitrogens with zero attached hydrogens (tertiary/aromatic N) is 1. The number of hydrogen-bond donors (Lipinski definition) is 0. The minimum Gasteiger partial charge on any atom is -0.468 e. The summed E-state index contributed by atoms with van der Waals surface area (Å²) in [6.07, 6.45) is 0.131. The molecule has 5 rings (SSSR count). The van der Waals surface area contributed by atoms with Gasteiger partial charge in [0.15, 0.2) is 16.9 Å². The molecule has 3 aromatic rings. The van der Waals surface area contributed by atoms with Crippen LogP contribution in [0.2, 0.25) is 0 Å². The monoisotopic (exact) mass is 433 g/mol. The van der Waals surface area contributed by atoms with E-state index in [2.05, 4.69) is 6.58 Å². The van der Waals surface area contributed by atoms with Crippen molar-refractivity contribution in [1.82, 2.24) is 4.57 Å². The van der Waals surface area contributed by atoms with Gasteiger partial charge in [0.25, 0.3) is 0 Å². The SMILES string of the molecule is C=C1c2c(c3ccccc3n2C)C(c2ccc3c(c2)OCO3)CC1(C(=O)OC)C(=O)OC. The van der Waals surface area contributed by atoms with E-state index in [9.17, 15) is 9.59 Å². The van der Waals surface area contributed by atoms with Crippen LogP contribution < -0.4 is 9.47 Å². The molecule has 0 fully saturated rings. The average Bonchev–Trinajstić information content (AvgIpc) is 3.41. The van der Waals surface area contributed by atoms with Crippen molar-refractivity contribution in [3.8, 4) is 11.5 Å². The van der Waals surface area contributed by atoms with Crippen LogP contribution in [0.4, 0.5) is 0 Å². The Balaban J connectivity index is 1.83. The molecule has 0 radical (unpaired) electrons. The van der Waals surface area contributed by atoms with Gasteiger partial charge < -0.3 is 23.5 Å². The molecule has 0 amide bonds. The Kier molecular flexibility index (Phi) is 4.51. The second-order valence-corrected chi connectivity index (χ2v) is 8.07. The van der Waals surface area contributed by atoms with Gasteiger partial charge in [-0.3, -0.25) is 9.59 Å². The predicted octanol–water partition coefficient (Wildman–Crippen LogP) is 3.79. The molecule has 1 aliphatic carbocycles. The molecule has 0 bridgehead atoms. The van der Waals surface area contributed by atoms with Crippen molar-refractivity contribution in [1.29, 1.82) is 0 Å². The lowest BCUT2D eigenvalue weighted by atomic mass is 9.64. The van der Waals surface area contributed by atoms with Gasteiger partial charge in [-0.25, -0.2) is 0 Å². The van der Waals surface area contributed by atoms with Gasteiger partial charge in [-0.1, -0.05) is 30.8 Å². The topological polar surface area (TPSA) is 76.0 Å². The molecule has 0 spiro atoms. The summed E-state index contributed by atoms with van der Waals surface area (Å²) in [7, 11) is 4.45. The third kappa shape index (κ3) is 2.54. The normalized spacial score (nSPS) is 18.3. The lowest BCUT2D eigenvalue weighted by molar-refractivity contribution is -0.165. The predicted molar refractivity (Wildman–Crippen MR) is 117 cm³/mol. The number of esters is 2. The van der Waals surface area contributed by atoms with Gasteiger partial charge in [0, 0.05) is 29.6 Å². The first-order chi connectivity index (χ1) is 15.4. The first-order valence-electron chi connectivity index (χ1n) is 10.3. The molecule has 32 heavy (non-hydrogen) atoms. The molecule has 2 heterocycles. The van der Waals surface area contributed by atoms with Crippen LogP contribution in [0.1, 0.15) is 29.2 Å². The van der Waals surface area contributed by atoms with E-state index in [1.807, 2.05) is 54.1 Å². The number of rotatable bonds is 3. The van der Waals surface area contributed by atoms with Crippen molar-refractivity contribution in [2.75, 3.05) is 21.0 Å². The van der Waals surface area contributed by atoms with Crippen molar-refractivity contribution in [3.05, 3.63) is 65.9 Å². The number of aryl methyl sites for hydroxylation is 1. The number of carbonyl (C=O) groups is 2. The van der Waals surface area contributed by atoms with E-state index in [0.717, 1.165) is 27.7 Å². The lowest BCUT2D eigenvalue weighted by Crippen LogP contribution is -2.46. The van der Waals surface area contributed by atoms with E-state index in [0.29, 0.717) is 17.1 Å². The summed E-state index contributed by atoms with van der Waals surface area (Å²) in [6, 6.07) is 13.7. The molecule has 7 nitrogen and oxygen atoms in total. The van der Waals surface area contributed by atoms with E-state index >= 15 is 0 Å². The molecule has 7 heteroatoms. The zero-order valence-corrected chi connectivity index (χ0v) is 18.1. The highest BCUT2D eigenvalue weighted by molar-refractivity contribution is 6.14. The van der Waals surface area contributed by atoms with Crippen LogP contribution in [-0.4, -0.2) is 37.5 Å². The summed E-state index contributed by atoms with van der Waals surface area (Å²) in [5.41, 5.74) is 2.33. The van der Waals surface area contributed by atoms with Crippen molar-refractivity contribution in [2.45, 2.75) is 12.3 Å². The Morgan fingerprint density at radius 2 is 1.75 bits per heavy atom. The maximum Gasteiger partial charge on any atom is 0.327 e. The largest absolute Gasteiger partial charge is 0.468 e. The number of para-hydroxylation sites is 1. The maximum absolute atomic E-state index is 13.2. The number of fused-ring (bicyclic) bond motifs is 4. The van der Waals surface area contributed by atoms with E-state index in [1.54, 1.807) is 0 Å². The first-order valence-corrected chi connectivity index (χ1v) is 10.3. The number of aromatic nitrogens is 1. The fraction of sp³-hybridized carbons (Fsp3) is 0.280. The first kappa shape index (κ1) is 20.2. The zero-order chi connectivity index (χ0) is 22.6. The van der Waals surface area contributed by atoms with Gasteiger partial charge in [0.2, 0.25) is 6.79 Å². The highest BCUT2D eigenvalue weighted by Crippen LogP contribution is 2.55. The van der Waals surface area contributed by atoms with Gasteiger partial charge in [-0.05, 0) is 41.3 Å². The molecule has 1 aromatic heterocycles. The number of hydrogen-bond acceptors (Lipinski definition) is 6. The van der Waals surface area contributed by atoms with E-state index in [-0.39, 0.29) is 19.1 Å². The van der Waals surface area contributed by atoms with Crippen LogP contribution in [0.3, 0.4) is 0 Å². The summed E-state index contributed by atoms with van der Waals surface area (Å²) >= 11 is 0. The molecule has 1 unspecified atom stereocenters.